The molecule has 6 nitrogen and oxygen atoms in total. The van der Waals surface area contributed by atoms with Gasteiger partial charge in [-0.15, -0.1) is 0 Å². The Hall–Kier alpha value is -15.4. The second-order valence-electron chi connectivity index (χ2n) is 31.1. The highest BCUT2D eigenvalue weighted by Crippen LogP contribution is 2.59. The van der Waals surface area contributed by atoms with E-state index in [4.69, 9.17) is 18.2 Å². The van der Waals surface area contributed by atoms with Gasteiger partial charge in [-0.1, -0.05) is 298 Å². The van der Waals surface area contributed by atoms with Gasteiger partial charge in [-0.2, -0.15) is 0 Å². The third kappa shape index (κ3) is 10.5. The summed E-state index contributed by atoms with van der Waals surface area (Å²) in [6, 6.07) is 142. The van der Waals surface area contributed by atoms with E-state index in [0.717, 1.165) is 210 Å². The third-order valence-corrected chi connectivity index (χ3v) is 24.7. The predicted molar refractivity (Wildman–Crippen MR) is 489 cm³/mol. The molecule has 117 heavy (non-hydrogen) atoms. The molecule has 0 radical (unpaired) electrons. The molecule has 4 aromatic heterocycles. The summed E-state index contributed by atoms with van der Waals surface area (Å²) in [6.07, 6.45) is 1.97. The lowest BCUT2D eigenvalue weighted by Gasteiger charge is -2.30. The zero-order valence-electron chi connectivity index (χ0n) is 63.7. The molecule has 23 aromatic rings. The molecule has 6 heteroatoms. The van der Waals surface area contributed by atoms with Gasteiger partial charge >= 0.3 is 0 Å². The molecule has 2 aliphatic rings. The molecule has 0 spiro atoms. The van der Waals surface area contributed by atoms with Crippen molar-refractivity contribution in [1.82, 2.24) is 4.98 Å². The van der Waals surface area contributed by atoms with Crippen LogP contribution in [0.5, 0.6) is 0 Å². The SMILES string of the molecule is CC1c2ccc3c(c2)oc2c3c(cc3c(-c4ccc(-c5ccccc5)cc4)c(-c4ccccc4)c4c(-c5ccccc5-c5ccccc5)cc5oc6cc(N(c7ccc(-c8ccccc8)cn7)c7cccc8c7oc7ccccc78)ccc6c5c4c32)N(c2cccc3ccc(-c4ccccc4)cc23)c2ccc3cc4cccc1c4cc3c2. The molecule has 19 aromatic carbocycles. The molecule has 0 amide bonds. The quantitative estimate of drug-likeness (QED) is 0.0950. The number of nitrogens with zero attached hydrogens (tertiary/aromatic N) is 3. The van der Waals surface area contributed by atoms with E-state index in [2.05, 4.69) is 387 Å². The molecule has 0 aliphatic carbocycles. The van der Waals surface area contributed by atoms with Gasteiger partial charge in [0.1, 0.15) is 33.7 Å². The fraction of sp³-hybridized carbons (Fsp3) is 0.0180. The first-order valence-electron chi connectivity index (χ1n) is 40.2. The summed E-state index contributed by atoms with van der Waals surface area (Å²) >= 11 is 0. The molecule has 1 unspecified atom stereocenters. The van der Waals surface area contributed by atoms with E-state index in [1.54, 1.807) is 0 Å². The van der Waals surface area contributed by atoms with Crippen LogP contribution in [0.4, 0.5) is 34.3 Å². The van der Waals surface area contributed by atoms with E-state index in [1.165, 1.54) is 21.7 Å². The van der Waals surface area contributed by atoms with Crippen molar-refractivity contribution in [2.24, 2.45) is 0 Å². The Morgan fingerprint density at radius 1 is 0.282 bits per heavy atom. The minimum atomic E-state index is -0.00198. The molecule has 0 saturated heterocycles. The summed E-state index contributed by atoms with van der Waals surface area (Å²) in [5, 5.41) is 17.0. The summed E-state index contributed by atoms with van der Waals surface area (Å²) in [5.74, 6) is 0.714. The Kier molecular flexibility index (Phi) is 14.9. The summed E-state index contributed by atoms with van der Waals surface area (Å²) in [6.45, 7) is 2.35. The maximum absolute atomic E-state index is 8.24. The number of hydrogen-bond donors (Lipinski definition) is 0. The van der Waals surface area contributed by atoms with Crippen molar-refractivity contribution >= 4 is 154 Å². The van der Waals surface area contributed by atoms with Crippen LogP contribution in [0.3, 0.4) is 0 Å². The van der Waals surface area contributed by atoms with Crippen LogP contribution in [0.15, 0.2) is 408 Å². The van der Waals surface area contributed by atoms with Crippen molar-refractivity contribution in [3.05, 3.63) is 406 Å². The van der Waals surface area contributed by atoms with E-state index in [9.17, 15) is 0 Å². The second kappa shape index (κ2) is 26.4. The minimum Gasteiger partial charge on any atom is -0.456 e. The van der Waals surface area contributed by atoms with Crippen LogP contribution in [0.1, 0.15) is 24.0 Å². The Balaban J connectivity index is 0.888. The molecule has 25 rings (SSSR count). The predicted octanol–water partition coefficient (Wildman–Crippen LogP) is 31.6. The van der Waals surface area contributed by atoms with E-state index >= 15 is 0 Å². The molecule has 0 saturated carbocycles. The Bertz CT molecular complexity index is 7990. The van der Waals surface area contributed by atoms with Gasteiger partial charge < -0.3 is 18.2 Å². The summed E-state index contributed by atoms with van der Waals surface area (Å²) in [7, 11) is 0. The lowest BCUT2D eigenvalue weighted by atomic mass is 9.79. The third-order valence-electron chi connectivity index (χ3n) is 24.7. The normalized spacial score (nSPS) is 12.9. The number of pyridine rings is 1. The van der Waals surface area contributed by atoms with Gasteiger partial charge in [0.15, 0.2) is 5.58 Å². The number of benzene rings is 19. The lowest BCUT2D eigenvalue weighted by molar-refractivity contribution is 0.667. The molecule has 0 N–H and O–H groups in total. The van der Waals surface area contributed by atoms with Gasteiger partial charge in [-0.25, -0.2) is 4.98 Å². The zero-order chi connectivity index (χ0) is 76.9. The van der Waals surface area contributed by atoms with Crippen LogP contribution in [0, 0.1) is 0 Å². The molecular formula is C111H69N3O3. The maximum atomic E-state index is 8.24. The zero-order valence-corrected chi connectivity index (χ0v) is 63.7. The molecule has 7 bridgehead atoms. The maximum Gasteiger partial charge on any atom is 0.159 e. The Morgan fingerprint density at radius 2 is 0.889 bits per heavy atom. The molecule has 546 valence electrons. The number of furan rings is 3. The van der Waals surface area contributed by atoms with Gasteiger partial charge in [-0.05, 0) is 212 Å². The average molecular weight is 1490 g/mol. The van der Waals surface area contributed by atoms with Crippen LogP contribution in [-0.2, 0) is 0 Å². The summed E-state index contributed by atoms with van der Waals surface area (Å²) in [5.41, 5.74) is 26.8. The molecule has 6 heterocycles. The van der Waals surface area contributed by atoms with Gasteiger partial charge in [0.2, 0.25) is 0 Å². The van der Waals surface area contributed by atoms with E-state index in [-0.39, 0.29) is 5.92 Å². The first-order valence-corrected chi connectivity index (χ1v) is 40.2. The van der Waals surface area contributed by atoms with Crippen LogP contribution in [0.25, 0.3) is 198 Å². The number of anilines is 6. The van der Waals surface area contributed by atoms with Crippen molar-refractivity contribution in [2.45, 2.75) is 12.8 Å². The highest BCUT2D eigenvalue weighted by atomic mass is 16.3. The number of fused-ring (bicyclic) bond motifs is 13. The van der Waals surface area contributed by atoms with Gasteiger partial charge in [0, 0.05) is 72.5 Å². The van der Waals surface area contributed by atoms with Gasteiger partial charge in [0.25, 0.3) is 0 Å². The lowest BCUT2D eigenvalue weighted by Crippen LogP contribution is -2.11. The number of para-hydroxylation sites is 2. The number of rotatable bonds is 11. The molecule has 1 atom stereocenters. The fourth-order valence-electron chi connectivity index (χ4n) is 19.2. The van der Waals surface area contributed by atoms with Gasteiger partial charge in [-0.3, -0.25) is 4.90 Å². The first-order chi connectivity index (χ1) is 57.9. The first kappa shape index (κ1) is 66.3. The monoisotopic (exact) mass is 1490 g/mol. The van der Waals surface area contributed by atoms with Crippen LogP contribution in [0.2, 0.25) is 0 Å². The number of hydrogen-bond acceptors (Lipinski definition) is 6. The largest absolute Gasteiger partial charge is 0.456 e. The van der Waals surface area contributed by atoms with Crippen LogP contribution in [-0.4, -0.2) is 4.98 Å². The van der Waals surface area contributed by atoms with Crippen molar-refractivity contribution in [3.8, 4) is 77.9 Å². The second-order valence-corrected chi connectivity index (χ2v) is 31.1. The molecular weight excluding hydrogens is 1420 g/mol. The fourth-order valence-corrected chi connectivity index (χ4v) is 19.2. The standard InChI is InChI=1S/C111H69N3O3/c1-67-76-51-55-89-99(62-76)117-111-105(89)97(113(82-53-50-77-58-79-35-21-39-84(67)91(79)61-81(77)59-82)95-41-22-34-73-46-49-78(60-92(73)95)69-26-9-3-10-27-69)64-94-103(75-47-44-71(45-48-75)68-24-7-2-8-25-68)104(74-32-15-6-16-33-74)107-93(86-37-18-17-36-85(86)72-30-13-5-14-31-72)65-101-106(109(107)108(94)111)90-56-54-83(63-100(90)115-101)114(102-57-52-80(66-112-102)70-28-11-4-12-29-70)96-42-23-40-88-87-38-19-20-43-98(87)116-110(88)96/h2-67H,1H3. The Morgan fingerprint density at radius 3 is 1.67 bits per heavy atom. The molecule has 2 aliphatic heterocycles. The average Bonchev–Trinajstić information content (AvgIpc) is 1.61. The van der Waals surface area contributed by atoms with Crippen LogP contribution >= 0.6 is 0 Å². The van der Waals surface area contributed by atoms with Crippen molar-refractivity contribution in [3.63, 3.8) is 0 Å². The van der Waals surface area contributed by atoms with Crippen molar-refractivity contribution < 1.29 is 13.3 Å². The van der Waals surface area contributed by atoms with E-state index in [1.807, 2.05) is 24.4 Å². The minimum absolute atomic E-state index is 0.00198. The smallest absolute Gasteiger partial charge is 0.159 e. The highest BCUT2D eigenvalue weighted by Gasteiger charge is 2.33. The number of aromatic nitrogens is 1. The van der Waals surface area contributed by atoms with Crippen molar-refractivity contribution in [1.29, 1.82) is 0 Å². The van der Waals surface area contributed by atoms with Crippen LogP contribution < -0.4 is 9.80 Å². The summed E-state index contributed by atoms with van der Waals surface area (Å²) < 4.78 is 23.0. The summed E-state index contributed by atoms with van der Waals surface area (Å²) in [4.78, 5) is 10.1. The topological polar surface area (TPSA) is 58.8 Å². The molecule has 0 fully saturated rings. The van der Waals surface area contributed by atoms with E-state index in [0.29, 0.717) is 11.4 Å². The van der Waals surface area contributed by atoms with Crippen molar-refractivity contribution in [2.75, 3.05) is 9.80 Å². The Labute approximate surface area is 673 Å². The van der Waals surface area contributed by atoms with E-state index < -0.39 is 0 Å². The highest BCUT2D eigenvalue weighted by molar-refractivity contribution is 6.41. The van der Waals surface area contributed by atoms with Gasteiger partial charge in [0.05, 0.1) is 28.1 Å².